The molecule has 0 spiro atoms. The summed E-state index contributed by atoms with van der Waals surface area (Å²) in [4.78, 5) is 23.9. The Bertz CT molecular complexity index is 1010. The van der Waals surface area contributed by atoms with Gasteiger partial charge in [0, 0.05) is 30.8 Å². The summed E-state index contributed by atoms with van der Waals surface area (Å²) in [6, 6.07) is 14.9. The third kappa shape index (κ3) is 4.31. The predicted molar refractivity (Wildman–Crippen MR) is 112 cm³/mol. The van der Waals surface area contributed by atoms with Crippen molar-refractivity contribution in [3.05, 3.63) is 59.7 Å². The second kappa shape index (κ2) is 8.39. The molecule has 1 unspecified atom stereocenters. The van der Waals surface area contributed by atoms with Crippen LogP contribution in [0.15, 0.2) is 53.7 Å². The van der Waals surface area contributed by atoms with Crippen molar-refractivity contribution in [3.8, 4) is 11.4 Å². The van der Waals surface area contributed by atoms with Crippen LogP contribution in [0.5, 0.6) is 0 Å². The number of hydrogen-bond acceptors (Lipinski definition) is 5. The number of hydrogen-bond donors (Lipinski definition) is 1. The molecular formula is C21H22N4O2S. The van der Waals surface area contributed by atoms with Gasteiger partial charge >= 0.3 is 0 Å². The molecule has 0 fully saturated rings. The van der Waals surface area contributed by atoms with Gasteiger partial charge in [0.25, 0.3) is 0 Å². The average Bonchev–Trinajstić information content (AvgIpc) is 3.02. The number of amides is 1. The first-order chi connectivity index (χ1) is 13.4. The zero-order valence-corrected chi connectivity index (χ0v) is 17.1. The summed E-state index contributed by atoms with van der Waals surface area (Å²) < 4.78 is 1.91. The predicted octanol–water partition coefficient (Wildman–Crippen LogP) is 4.11. The molecule has 28 heavy (non-hydrogen) atoms. The van der Waals surface area contributed by atoms with E-state index in [1.54, 1.807) is 24.3 Å². The Morgan fingerprint density at radius 1 is 1.07 bits per heavy atom. The van der Waals surface area contributed by atoms with Gasteiger partial charge in [0.1, 0.15) is 0 Å². The normalized spacial score (nSPS) is 11.9. The zero-order valence-electron chi connectivity index (χ0n) is 16.3. The summed E-state index contributed by atoms with van der Waals surface area (Å²) in [5, 5.41) is 11.6. The van der Waals surface area contributed by atoms with Crippen molar-refractivity contribution >= 4 is 29.1 Å². The molecule has 7 heteroatoms. The number of Topliss-reactive ketones (excluding diaryl/α,β-unsaturated/α-hetero) is 1. The van der Waals surface area contributed by atoms with E-state index in [4.69, 9.17) is 0 Å². The van der Waals surface area contributed by atoms with Gasteiger partial charge in [-0.1, -0.05) is 36.0 Å². The van der Waals surface area contributed by atoms with E-state index < -0.39 is 0 Å². The Morgan fingerprint density at radius 2 is 1.75 bits per heavy atom. The number of aryl methyl sites for hydroxylation is 1. The van der Waals surface area contributed by atoms with E-state index in [9.17, 15) is 9.59 Å². The number of carbonyl (C=O) groups is 2. The van der Waals surface area contributed by atoms with Crippen LogP contribution in [0.3, 0.4) is 0 Å². The molecule has 3 rings (SSSR count). The molecule has 1 atom stereocenters. The zero-order chi connectivity index (χ0) is 20.3. The van der Waals surface area contributed by atoms with Gasteiger partial charge in [0.15, 0.2) is 16.8 Å². The maximum atomic E-state index is 12.8. The number of aromatic nitrogens is 3. The first-order valence-electron chi connectivity index (χ1n) is 8.90. The summed E-state index contributed by atoms with van der Waals surface area (Å²) >= 11 is 1.38. The molecule has 1 N–H and O–H groups in total. The number of carbonyl (C=O) groups excluding carboxylic acids is 2. The van der Waals surface area contributed by atoms with Gasteiger partial charge in [-0.25, -0.2) is 0 Å². The van der Waals surface area contributed by atoms with E-state index in [1.807, 2.05) is 49.7 Å². The molecule has 3 aromatic rings. The number of nitrogens with one attached hydrogen (secondary N) is 1. The lowest BCUT2D eigenvalue weighted by molar-refractivity contribution is -0.114. The van der Waals surface area contributed by atoms with Gasteiger partial charge in [-0.2, -0.15) is 0 Å². The highest BCUT2D eigenvalue weighted by Crippen LogP contribution is 2.28. The van der Waals surface area contributed by atoms with Crippen molar-refractivity contribution in [2.75, 3.05) is 5.32 Å². The number of nitrogens with zero attached hydrogens (tertiary/aromatic N) is 3. The van der Waals surface area contributed by atoms with E-state index in [0.717, 1.165) is 17.0 Å². The third-order valence-electron chi connectivity index (χ3n) is 4.36. The van der Waals surface area contributed by atoms with E-state index in [1.165, 1.54) is 18.7 Å². The molecule has 0 aliphatic carbocycles. The van der Waals surface area contributed by atoms with Gasteiger partial charge < -0.3 is 9.88 Å². The summed E-state index contributed by atoms with van der Waals surface area (Å²) in [7, 11) is 1.91. The van der Waals surface area contributed by atoms with Crippen LogP contribution < -0.4 is 5.32 Å². The van der Waals surface area contributed by atoms with E-state index >= 15 is 0 Å². The Balaban J connectivity index is 1.74. The van der Waals surface area contributed by atoms with Crippen LogP contribution in [0.1, 0.15) is 29.8 Å². The quantitative estimate of drug-likeness (QED) is 0.503. The fraction of sp³-hybridized carbons (Fsp3) is 0.238. The highest BCUT2D eigenvalue weighted by Gasteiger charge is 2.21. The van der Waals surface area contributed by atoms with Crippen molar-refractivity contribution in [2.45, 2.75) is 31.2 Å². The SMILES string of the molecule is CC(=O)Nc1ccc(C(=O)C(C)Sc2nnc(-c3ccccc3C)n2C)cc1. The topological polar surface area (TPSA) is 76.9 Å². The van der Waals surface area contributed by atoms with Crippen LogP contribution in [0.4, 0.5) is 5.69 Å². The fourth-order valence-corrected chi connectivity index (χ4v) is 3.74. The Kier molecular flexibility index (Phi) is 5.94. The molecule has 0 saturated heterocycles. The lowest BCUT2D eigenvalue weighted by Crippen LogP contribution is -2.14. The average molecular weight is 395 g/mol. The van der Waals surface area contributed by atoms with Crippen LogP contribution in [0, 0.1) is 6.92 Å². The molecule has 6 nitrogen and oxygen atoms in total. The van der Waals surface area contributed by atoms with Gasteiger partial charge in [-0.05, 0) is 43.7 Å². The van der Waals surface area contributed by atoms with Crippen molar-refractivity contribution in [2.24, 2.45) is 7.05 Å². The van der Waals surface area contributed by atoms with Crippen LogP contribution >= 0.6 is 11.8 Å². The van der Waals surface area contributed by atoms with Gasteiger partial charge in [-0.3, -0.25) is 9.59 Å². The largest absolute Gasteiger partial charge is 0.326 e. The molecule has 0 aliphatic rings. The van der Waals surface area contributed by atoms with Gasteiger partial charge in [-0.15, -0.1) is 10.2 Å². The third-order valence-corrected chi connectivity index (χ3v) is 5.50. The second-order valence-corrected chi connectivity index (χ2v) is 7.87. The smallest absolute Gasteiger partial charge is 0.221 e. The monoisotopic (exact) mass is 394 g/mol. The van der Waals surface area contributed by atoms with Crippen LogP contribution in [-0.4, -0.2) is 31.7 Å². The minimum Gasteiger partial charge on any atom is -0.326 e. The van der Waals surface area contributed by atoms with Gasteiger partial charge in [0.2, 0.25) is 5.91 Å². The molecule has 0 bridgehead atoms. The molecule has 1 aromatic heterocycles. The molecule has 0 saturated carbocycles. The Hall–Kier alpha value is -2.93. The molecular weight excluding hydrogens is 372 g/mol. The summed E-state index contributed by atoms with van der Waals surface area (Å²) in [5.41, 5.74) is 3.41. The maximum absolute atomic E-state index is 12.8. The van der Waals surface area contributed by atoms with E-state index in [0.29, 0.717) is 16.4 Å². The summed E-state index contributed by atoms with van der Waals surface area (Å²) in [6.07, 6.45) is 0. The van der Waals surface area contributed by atoms with E-state index in [2.05, 4.69) is 15.5 Å². The lowest BCUT2D eigenvalue weighted by atomic mass is 10.1. The van der Waals surface area contributed by atoms with Crippen molar-refractivity contribution in [1.29, 1.82) is 0 Å². The number of anilines is 1. The van der Waals surface area contributed by atoms with Gasteiger partial charge in [0.05, 0.1) is 5.25 Å². The number of thioether (sulfide) groups is 1. The van der Waals surface area contributed by atoms with Crippen molar-refractivity contribution in [3.63, 3.8) is 0 Å². The first-order valence-corrected chi connectivity index (χ1v) is 9.78. The van der Waals surface area contributed by atoms with Crippen molar-refractivity contribution < 1.29 is 9.59 Å². The second-order valence-electron chi connectivity index (χ2n) is 6.56. The minimum absolute atomic E-state index is 0.000170. The Morgan fingerprint density at radius 3 is 2.39 bits per heavy atom. The molecule has 0 radical (unpaired) electrons. The fourth-order valence-electron chi connectivity index (χ4n) is 2.84. The number of ketones is 1. The minimum atomic E-state index is -0.320. The summed E-state index contributed by atoms with van der Waals surface area (Å²) in [6.45, 7) is 5.34. The van der Waals surface area contributed by atoms with E-state index in [-0.39, 0.29) is 16.9 Å². The summed E-state index contributed by atoms with van der Waals surface area (Å²) in [5.74, 6) is 0.634. The molecule has 2 aromatic carbocycles. The molecule has 1 amide bonds. The lowest BCUT2D eigenvalue weighted by Gasteiger charge is -2.11. The van der Waals surface area contributed by atoms with Crippen LogP contribution in [-0.2, 0) is 11.8 Å². The van der Waals surface area contributed by atoms with Crippen LogP contribution in [0.25, 0.3) is 11.4 Å². The maximum Gasteiger partial charge on any atom is 0.221 e. The highest BCUT2D eigenvalue weighted by molar-refractivity contribution is 8.00. The highest BCUT2D eigenvalue weighted by atomic mass is 32.2. The molecule has 1 heterocycles. The molecule has 0 aliphatic heterocycles. The Labute approximate surface area is 168 Å². The number of benzene rings is 2. The number of rotatable bonds is 6. The standard InChI is InChI=1S/C21H22N4O2S/c1-13-7-5-6-8-18(13)20-23-24-21(25(20)4)28-14(2)19(27)16-9-11-17(12-10-16)22-15(3)26/h5-12,14H,1-4H3,(H,22,26). The van der Waals surface area contributed by atoms with Crippen LogP contribution in [0.2, 0.25) is 0 Å². The van der Waals surface area contributed by atoms with Crippen molar-refractivity contribution in [1.82, 2.24) is 14.8 Å². The molecule has 144 valence electrons. The first kappa shape index (κ1) is 19.8.